The number of aliphatic hydroxyl groups excluding tert-OH is 1. The third-order valence-corrected chi connectivity index (χ3v) is 6.96. The van der Waals surface area contributed by atoms with Crippen molar-refractivity contribution in [3.63, 3.8) is 0 Å². The number of hydrogen-bond acceptors (Lipinski definition) is 5. The lowest BCUT2D eigenvalue weighted by Gasteiger charge is -2.33. The molecule has 1 fully saturated rings. The molecule has 0 aliphatic carbocycles. The van der Waals surface area contributed by atoms with Crippen LogP contribution in [0.3, 0.4) is 0 Å². The third kappa shape index (κ3) is 6.34. The lowest BCUT2D eigenvalue weighted by Crippen LogP contribution is -2.40. The molecule has 1 N–H and O–H groups in total. The van der Waals surface area contributed by atoms with Crippen molar-refractivity contribution < 1.29 is 32.5 Å². The highest BCUT2D eigenvalue weighted by Crippen LogP contribution is 2.26. The van der Waals surface area contributed by atoms with Crippen LogP contribution in [0.4, 0.5) is 13.2 Å². The van der Waals surface area contributed by atoms with Gasteiger partial charge in [-0.3, -0.25) is 9.36 Å². The second-order valence-corrected chi connectivity index (χ2v) is 9.67. The number of piperidine rings is 1. The van der Waals surface area contributed by atoms with E-state index in [0.717, 1.165) is 24.0 Å². The summed E-state index contributed by atoms with van der Waals surface area (Å²) in [6, 6.07) is 18.4. The van der Waals surface area contributed by atoms with Gasteiger partial charge in [0.2, 0.25) is 0 Å². The number of fused-ring (bicyclic) bond motifs is 1. The Labute approximate surface area is 223 Å². The Kier molecular flexibility index (Phi) is 7.47. The first kappa shape index (κ1) is 26.6. The zero-order valence-corrected chi connectivity index (χ0v) is 21.3. The predicted molar refractivity (Wildman–Crippen MR) is 139 cm³/mol. The summed E-state index contributed by atoms with van der Waals surface area (Å²) in [5.41, 5.74) is 3.59. The van der Waals surface area contributed by atoms with Crippen LogP contribution in [0.2, 0.25) is 0 Å². The third-order valence-electron chi connectivity index (χ3n) is 6.96. The fourth-order valence-corrected chi connectivity index (χ4v) is 4.80. The van der Waals surface area contributed by atoms with E-state index < -0.39 is 6.36 Å². The number of aliphatic hydroxyl groups is 1. The minimum atomic E-state index is -4.73. The van der Waals surface area contributed by atoms with Gasteiger partial charge >= 0.3 is 6.36 Å². The summed E-state index contributed by atoms with van der Waals surface area (Å²) >= 11 is 0. The highest BCUT2D eigenvalue weighted by molar-refractivity contribution is 5.97. The number of carbonyl (C=O) groups is 1. The van der Waals surface area contributed by atoms with Crippen molar-refractivity contribution in [3.05, 3.63) is 84.2 Å². The van der Waals surface area contributed by atoms with Gasteiger partial charge in [0.1, 0.15) is 24.4 Å². The van der Waals surface area contributed by atoms with Gasteiger partial charge in [0.25, 0.3) is 5.91 Å². The van der Waals surface area contributed by atoms with Gasteiger partial charge in [0.15, 0.2) is 0 Å². The van der Waals surface area contributed by atoms with Crippen LogP contribution in [0.1, 0.15) is 35.7 Å². The first-order chi connectivity index (χ1) is 18.7. The SMILES string of the molecule is CC(O)C1CCN(C(=O)c2ccc3c(c2)ncn3-c2cccc(OCc3ccc(OC(F)(F)F)cc3)c2)CC1. The van der Waals surface area contributed by atoms with Crippen molar-refractivity contribution in [2.75, 3.05) is 13.1 Å². The van der Waals surface area contributed by atoms with Crippen LogP contribution >= 0.6 is 0 Å². The Morgan fingerprint density at radius 1 is 1.05 bits per heavy atom. The van der Waals surface area contributed by atoms with Crippen LogP contribution in [0.15, 0.2) is 73.1 Å². The van der Waals surface area contributed by atoms with E-state index in [1.807, 2.05) is 33.7 Å². The maximum absolute atomic E-state index is 13.1. The molecule has 1 unspecified atom stereocenters. The molecule has 1 aliphatic rings. The quantitative estimate of drug-likeness (QED) is 0.324. The van der Waals surface area contributed by atoms with Crippen LogP contribution in [-0.4, -0.2) is 51.0 Å². The molecule has 1 atom stereocenters. The highest BCUT2D eigenvalue weighted by atomic mass is 19.4. The monoisotopic (exact) mass is 539 g/mol. The zero-order chi connectivity index (χ0) is 27.6. The van der Waals surface area contributed by atoms with Crippen LogP contribution in [0.5, 0.6) is 11.5 Å². The molecule has 5 rings (SSSR count). The Morgan fingerprint density at radius 3 is 2.49 bits per heavy atom. The van der Waals surface area contributed by atoms with E-state index in [2.05, 4.69) is 9.72 Å². The molecule has 1 aromatic heterocycles. The number of amides is 1. The summed E-state index contributed by atoms with van der Waals surface area (Å²) in [7, 11) is 0. The minimum absolute atomic E-state index is 0.0381. The Balaban J connectivity index is 1.26. The number of imidazole rings is 1. The van der Waals surface area contributed by atoms with Crippen molar-refractivity contribution in [2.24, 2.45) is 5.92 Å². The summed E-state index contributed by atoms with van der Waals surface area (Å²) in [5.74, 6) is 0.484. The largest absolute Gasteiger partial charge is 0.573 e. The fourth-order valence-electron chi connectivity index (χ4n) is 4.80. The maximum atomic E-state index is 13.1. The lowest BCUT2D eigenvalue weighted by molar-refractivity contribution is -0.274. The molecule has 1 amide bonds. The smallest absolute Gasteiger partial charge is 0.489 e. The number of carbonyl (C=O) groups excluding carboxylic acids is 1. The molecule has 7 nitrogen and oxygen atoms in total. The maximum Gasteiger partial charge on any atom is 0.573 e. The molecular weight excluding hydrogens is 511 g/mol. The number of benzene rings is 3. The van der Waals surface area contributed by atoms with E-state index in [0.29, 0.717) is 35.5 Å². The molecule has 3 aromatic carbocycles. The molecule has 2 heterocycles. The molecule has 1 aliphatic heterocycles. The van der Waals surface area contributed by atoms with Crippen LogP contribution in [-0.2, 0) is 6.61 Å². The van der Waals surface area contributed by atoms with Crippen LogP contribution in [0.25, 0.3) is 16.7 Å². The lowest BCUT2D eigenvalue weighted by atomic mass is 9.92. The van der Waals surface area contributed by atoms with Crippen LogP contribution < -0.4 is 9.47 Å². The van der Waals surface area contributed by atoms with Gasteiger partial charge in [0, 0.05) is 24.7 Å². The predicted octanol–water partition coefficient (Wildman–Crippen LogP) is 5.74. The summed E-state index contributed by atoms with van der Waals surface area (Å²) in [6.45, 7) is 3.21. The summed E-state index contributed by atoms with van der Waals surface area (Å²) in [6.07, 6.45) is -1.83. The normalized spacial score (nSPS) is 15.4. The Morgan fingerprint density at radius 2 is 1.79 bits per heavy atom. The first-order valence-corrected chi connectivity index (χ1v) is 12.7. The van der Waals surface area contributed by atoms with Gasteiger partial charge in [-0.2, -0.15) is 0 Å². The number of rotatable bonds is 7. The molecule has 0 radical (unpaired) electrons. The summed E-state index contributed by atoms with van der Waals surface area (Å²) in [4.78, 5) is 19.4. The number of ether oxygens (including phenoxy) is 2. The van der Waals surface area contributed by atoms with Crippen molar-refractivity contribution >= 4 is 16.9 Å². The van der Waals surface area contributed by atoms with Gasteiger partial charge in [0.05, 0.1) is 22.8 Å². The zero-order valence-electron chi connectivity index (χ0n) is 21.3. The number of hydrogen-bond donors (Lipinski definition) is 1. The van der Waals surface area contributed by atoms with E-state index in [1.54, 1.807) is 31.5 Å². The fraction of sp³-hybridized carbons (Fsp3) is 0.310. The standard InChI is InChI=1S/C29H28F3N3O4/c1-19(36)21-11-13-34(14-12-21)28(37)22-7-10-27-26(15-22)33-18-35(27)23-3-2-4-25(16-23)38-17-20-5-8-24(9-6-20)39-29(30,31)32/h2-10,15-16,18-19,21,36H,11-14,17H2,1H3. The average Bonchev–Trinajstić information content (AvgIpc) is 3.35. The molecule has 0 spiro atoms. The molecule has 0 saturated carbocycles. The molecule has 0 bridgehead atoms. The number of likely N-dealkylation sites (tertiary alicyclic amines) is 1. The second-order valence-electron chi connectivity index (χ2n) is 9.67. The van der Waals surface area contributed by atoms with E-state index in [1.165, 1.54) is 24.3 Å². The van der Waals surface area contributed by atoms with Gasteiger partial charge in [-0.15, -0.1) is 13.2 Å². The summed E-state index contributed by atoms with van der Waals surface area (Å²) in [5, 5.41) is 9.82. The van der Waals surface area contributed by atoms with E-state index >= 15 is 0 Å². The molecular formula is C29H28F3N3O4. The van der Waals surface area contributed by atoms with Crippen molar-refractivity contribution in [1.29, 1.82) is 0 Å². The Hall–Kier alpha value is -4.05. The minimum Gasteiger partial charge on any atom is -0.489 e. The Bertz CT molecular complexity index is 1440. The topological polar surface area (TPSA) is 76.8 Å². The first-order valence-electron chi connectivity index (χ1n) is 12.7. The summed E-state index contributed by atoms with van der Waals surface area (Å²) < 4.78 is 48.7. The second kappa shape index (κ2) is 11.0. The highest BCUT2D eigenvalue weighted by Gasteiger charge is 2.31. The number of halogens is 3. The number of alkyl halides is 3. The molecule has 39 heavy (non-hydrogen) atoms. The average molecular weight is 540 g/mol. The molecule has 1 saturated heterocycles. The van der Waals surface area contributed by atoms with E-state index in [9.17, 15) is 23.1 Å². The number of nitrogens with zero attached hydrogens (tertiary/aromatic N) is 3. The van der Waals surface area contributed by atoms with Crippen molar-refractivity contribution in [2.45, 2.75) is 38.8 Å². The van der Waals surface area contributed by atoms with Gasteiger partial charge in [-0.05, 0) is 73.7 Å². The van der Waals surface area contributed by atoms with Gasteiger partial charge < -0.3 is 19.5 Å². The van der Waals surface area contributed by atoms with Gasteiger partial charge in [-0.1, -0.05) is 18.2 Å². The molecule has 10 heteroatoms. The van der Waals surface area contributed by atoms with Crippen LogP contribution in [0, 0.1) is 5.92 Å². The number of aromatic nitrogens is 2. The van der Waals surface area contributed by atoms with Gasteiger partial charge in [-0.25, -0.2) is 4.98 Å². The van der Waals surface area contributed by atoms with Crippen molar-refractivity contribution in [1.82, 2.24) is 14.5 Å². The molecule has 204 valence electrons. The van der Waals surface area contributed by atoms with Crippen molar-refractivity contribution in [3.8, 4) is 17.2 Å². The molecule has 4 aromatic rings. The van der Waals surface area contributed by atoms with E-state index in [-0.39, 0.29) is 30.3 Å². The van der Waals surface area contributed by atoms with E-state index in [4.69, 9.17) is 4.74 Å².